The fourth-order valence-corrected chi connectivity index (χ4v) is 4.20. The summed E-state index contributed by atoms with van der Waals surface area (Å²) < 4.78 is 6.54. The van der Waals surface area contributed by atoms with Crippen LogP contribution in [0.1, 0.15) is 33.9 Å². The van der Waals surface area contributed by atoms with E-state index in [4.69, 9.17) is 9.72 Å². The van der Waals surface area contributed by atoms with Crippen LogP contribution >= 0.6 is 0 Å². The van der Waals surface area contributed by atoms with Gasteiger partial charge in [0.05, 0.1) is 5.52 Å². The number of aromatic nitrogens is 1. The third-order valence-electron chi connectivity index (χ3n) is 5.96. The van der Waals surface area contributed by atoms with Crippen molar-refractivity contribution in [3.8, 4) is 5.88 Å². The Hall–Kier alpha value is -3.17. The molecule has 1 aromatic heterocycles. The van der Waals surface area contributed by atoms with Gasteiger partial charge in [-0.05, 0) is 54.3 Å². The minimum absolute atomic E-state index is 0.0485. The molecule has 3 nitrogen and oxygen atoms in total. The van der Waals surface area contributed by atoms with Gasteiger partial charge in [-0.15, -0.1) is 0 Å². The number of hydrogen-bond acceptors (Lipinski definition) is 3. The Bertz CT molecular complexity index is 1170. The van der Waals surface area contributed by atoms with Crippen LogP contribution in [0, 0.1) is 13.8 Å². The Morgan fingerprint density at radius 3 is 2.37 bits per heavy atom. The van der Waals surface area contributed by atoms with Gasteiger partial charge in [0, 0.05) is 30.6 Å². The summed E-state index contributed by atoms with van der Waals surface area (Å²) in [4.78, 5) is 7.41. The lowest BCUT2D eigenvalue weighted by Gasteiger charge is -2.24. The summed E-state index contributed by atoms with van der Waals surface area (Å²) in [6.45, 7) is 6.83. The first-order valence-corrected chi connectivity index (χ1v) is 10.5. The van der Waals surface area contributed by atoms with Gasteiger partial charge in [0.15, 0.2) is 0 Å². The second-order valence-electron chi connectivity index (χ2n) is 8.25. The van der Waals surface area contributed by atoms with Crippen molar-refractivity contribution in [2.75, 3.05) is 6.54 Å². The molecule has 30 heavy (non-hydrogen) atoms. The minimum Gasteiger partial charge on any atom is -0.468 e. The Balaban J connectivity index is 1.57. The lowest BCUT2D eigenvalue weighted by molar-refractivity contribution is 0.140. The zero-order valence-electron chi connectivity index (χ0n) is 17.5. The number of ether oxygens (including phenoxy) is 1. The summed E-state index contributed by atoms with van der Waals surface area (Å²) >= 11 is 0. The lowest BCUT2D eigenvalue weighted by Crippen LogP contribution is -2.27. The van der Waals surface area contributed by atoms with Crippen LogP contribution in [0.2, 0.25) is 0 Å². The molecule has 1 aliphatic rings. The third-order valence-corrected chi connectivity index (χ3v) is 5.96. The minimum atomic E-state index is -0.0485. The molecular weight excluding hydrogens is 368 g/mol. The van der Waals surface area contributed by atoms with Gasteiger partial charge in [-0.25, -0.2) is 4.98 Å². The van der Waals surface area contributed by atoms with Crippen molar-refractivity contribution >= 4 is 10.9 Å². The first-order valence-electron chi connectivity index (χ1n) is 10.5. The normalized spacial score (nSPS) is 16.7. The molecule has 4 aromatic rings. The Kier molecular flexibility index (Phi) is 4.97. The van der Waals surface area contributed by atoms with E-state index in [1.165, 1.54) is 27.6 Å². The largest absolute Gasteiger partial charge is 0.468 e. The van der Waals surface area contributed by atoms with E-state index in [0.29, 0.717) is 0 Å². The second-order valence-corrected chi connectivity index (χ2v) is 8.25. The maximum Gasteiger partial charge on any atom is 0.219 e. The number of pyridine rings is 1. The lowest BCUT2D eigenvalue weighted by atomic mass is 10.0. The predicted molar refractivity (Wildman–Crippen MR) is 122 cm³/mol. The molecule has 0 N–H and O–H groups in total. The summed E-state index contributed by atoms with van der Waals surface area (Å²) in [6.07, 6.45) is -0.0485. The van der Waals surface area contributed by atoms with Gasteiger partial charge < -0.3 is 4.74 Å². The number of rotatable bonds is 3. The summed E-state index contributed by atoms with van der Waals surface area (Å²) in [5.41, 5.74) is 7.20. The van der Waals surface area contributed by atoms with Gasteiger partial charge in [-0.2, -0.15) is 0 Å². The molecule has 0 amide bonds. The Labute approximate surface area is 178 Å². The van der Waals surface area contributed by atoms with Crippen molar-refractivity contribution in [3.05, 3.63) is 107 Å². The van der Waals surface area contributed by atoms with E-state index in [1.807, 2.05) is 6.07 Å². The van der Waals surface area contributed by atoms with Crippen molar-refractivity contribution in [2.45, 2.75) is 33.0 Å². The van der Waals surface area contributed by atoms with E-state index in [1.54, 1.807) is 0 Å². The molecular formula is C27H26N2O. The van der Waals surface area contributed by atoms with Gasteiger partial charge in [-0.3, -0.25) is 4.90 Å². The first kappa shape index (κ1) is 18.8. The quantitative estimate of drug-likeness (QED) is 0.427. The van der Waals surface area contributed by atoms with Gasteiger partial charge >= 0.3 is 0 Å². The highest BCUT2D eigenvalue weighted by Crippen LogP contribution is 2.33. The maximum absolute atomic E-state index is 6.54. The van der Waals surface area contributed by atoms with Crippen LogP contribution in [0.4, 0.5) is 0 Å². The third kappa shape index (κ3) is 3.81. The van der Waals surface area contributed by atoms with Crippen molar-refractivity contribution in [2.24, 2.45) is 0 Å². The second kappa shape index (κ2) is 7.92. The summed E-state index contributed by atoms with van der Waals surface area (Å²) in [5.74, 6) is 0.759. The van der Waals surface area contributed by atoms with Crippen molar-refractivity contribution in [3.63, 3.8) is 0 Å². The van der Waals surface area contributed by atoms with Crippen molar-refractivity contribution in [1.82, 2.24) is 9.88 Å². The van der Waals surface area contributed by atoms with Crippen molar-refractivity contribution < 1.29 is 4.74 Å². The predicted octanol–water partition coefficient (Wildman–Crippen LogP) is 5.99. The fraction of sp³-hybridized carbons (Fsp3) is 0.222. The highest BCUT2D eigenvalue weighted by molar-refractivity contribution is 5.82. The number of hydrogen-bond donors (Lipinski definition) is 0. The average molecular weight is 395 g/mol. The van der Waals surface area contributed by atoms with Crippen LogP contribution in [-0.2, 0) is 13.1 Å². The van der Waals surface area contributed by atoms with Gasteiger partial charge in [0.25, 0.3) is 0 Å². The van der Waals surface area contributed by atoms with Gasteiger partial charge in [0.2, 0.25) is 5.88 Å². The topological polar surface area (TPSA) is 25.4 Å². The Morgan fingerprint density at radius 2 is 1.60 bits per heavy atom. The molecule has 0 fully saturated rings. The maximum atomic E-state index is 6.54. The molecule has 0 unspecified atom stereocenters. The standard InChI is InChI=1S/C27H26N2O/c1-19-13-23-15-24-17-29(16-21-9-5-3-6-10-21)18-26(22-11-7-4-8-12-22)30-27(24)28-25(23)14-20(19)2/h3-15,26H,16-18H2,1-2H3/t26-/m1/s1. The van der Waals surface area contributed by atoms with E-state index < -0.39 is 0 Å². The Morgan fingerprint density at radius 1 is 0.900 bits per heavy atom. The molecule has 0 bridgehead atoms. The highest BCUT2D eigenvalue weighted by Gasteiger charge is 2.26. The summed E-state index contributed by atoms with van der Waals surface area (Å²) in [5, 5.41) is 1.18. The molecule has 0 radical (unpaired) electrons. The highest BCUT2D eigenvalue weighted by atomic mass is 16.5. The number of aryl methyl sites for hydroxylation is 2. The number of nitrogens with zero attached hydrogens (tertiary/aromatic N) is 2. The molecule has 1 aliphatic heterocycles. The average Bonchev–Trinajstić information content (AvgIpc) is 2.93. The van der Waals surface area contributed by atoms with Crippen LogP contribution in [0.5, 0.6) is 5.88 Å². The summed E-state index contributed by atoms with van der Waals surface area (Å²) in [6, 6.07) is 27.8. The van der Waals surface area contributed by atoms with Crippen LogP contribution in [0.25, 0.3) is 10.9 Å². The molecule has 5 rings (SSSR count). The molecule has 0 saturated carbocycles. The van der Waals surface area contributed by atoms with Crippen LogP contribution in [0.3, 0.4) is 0 Å². The molecule has 2 heterocycles. The molecule has 150 valence electrons. The molecule has 3 aromatic carbocycles. The molecule has 3 heteroatoms. The van der Waals surface area contributed by atoms with E-state index in [-0.39, 0.29) is 6.10 Å². The first-order chi connectivity index (χ1) is 14.7. The van der Waals surface area contributed by atoms with Gasteiger partial charge in [0.1, 0.15) is 6.10 Å². The molecule has 0 aliphatic carbocycles. The van der Waals surface area contributed by atoms with Crippen molar-refractivity contribution in [1.29, 1.82) is 0 Å². The van der Waals surface area contributed by atoms with E-state index in [9.17, 15) is 0 Å². The van der Waals surface area contributed by atoms with E-state index in [2.05, 4.69) is 91.5 Å². The van der Waals surface area contributed by atoms with Crippen LogP contribution < -0.4 is 4.74 Å². The monoisotopic (exact) mass is 394 g/mol. The van der Waals surface area contributed by atoms with Gasteiger partial charge in [-0.1, -0.05) is 60.7 Å². The van der Waals surface area contributed by atoms with Crippen LogP contribution in [0.15, 0.2) is 78.9 Å². The smallest absolute Gasteiger partial charge is 0.219 e. The zero-order chi connectivity index (χ0) is 20.5. The number of fused-ring (bicyclic) bond motifs is 2. The molecule has 0 saturated heterocycles. The molecule has 1 atom stereocenters. The summed E-state index contributed by atoms with van der Waals surface area (Å²) in [7, 11) is 0. The fourth-order valence-electron chi connectivity index (χ4n) is 4.20. The zero-order valence-corrected chi connectivity index (χ0v) is 17.5. The number of benzene rings is 3. The van der Waals surface area contributed by atoms with Crippen LogP contribution in [-0.4, -0.2) is 16.4 Å². The van der Waals surface area contributed by atoms with E-state index >= 15 is 0 Å². The molecule has 0 spiro atoms. The van der Waals surface area contributed by atoms with E-state index in [0.717, 1.165) is 36.6 Å². The SMILES string of the molecule is Cc1cc2cc3c(nc2cc1C)O[C@@H](c1ccccc1)CN(Cc1ccccc1)C3.